The molecule has 0 heterocycles. The lowest BCUT2D eigenvalue weighted by Gasteiger charge is -2.32. The van der Waals surface area contributed by atoms with Crippen molar-refractivity contribution in [2.45, 2.75) is 71.0 Å². The largest absolute Gasteiger partial charge is 0.352 e. The Morgan fingerprint density at radius 3 is 2.55 bits per heavy atom. The molecule has 0 saturated heterocycles. The lowest BCUT2D eigenvalue weighted by Crippen LogP contribution is -2.51. The highest BCUT2D eigenvalue weighted by Crippen LogP contribution is 2.23. The summed E-state index contributed by atoms with van der Waals surface area (Å²) in [6.07, 6.45) is 4.45. The monoisotopic (exact) mass is 444 g/mol. The van der Waals surface area contributed by atoms with E-state index >= 15 is 0 Å². The van der Waals surface area contributed by atoms with Gasteiger partial charge in [-0.25, -0.2) is 4.39 Å². The van der Waals surface area contributed by atoms with Crippen molar-refractivity contribution >= 4 is 23.4 Å². The number of amides is 2. The van der Waals surface area contributed by atoms with Gasteiger partial charge < -0.3 is 10.2 Å². The van der Waals surface area contributed by atoms with E-state index in [0.717, 1.165) is 36.8 Å². The Balaban J connectivity index is 1.86. The van der Waals surface area contributed by atoms with Gasteiger partial charge in [0.05, 0.1) is 6.42 Å². The number of nitrogens with zero attached hydrogens (tertiary/aromatic N) is 1. The maximum absolute atomic E-state index is 14.3. The first-order valence-electron chi connectivity index (χ1n) is 11.0. The van der Waals surface area contributed by atoms with Crippen molar-refractivity contribution in [3.8, 4) is 0 Å². The van der Waals surface area contributed by atoms with Crippen LogP contribution in [0.25, 0.3) is 0 Å². The van der Waals surface area contributed by atoms with Crippen LogP contribution < -0.4 is 5.32 Å². The molecule has 1 aliphatic rings. The SMILES string of the molecule is CC[C@@H](C(=O)NC1CCCC1)N(Cc1cccc(C)c1)C(=O)Cc1c(F)cccc1Cl. The van der Waals surface area contributed by atoms with Crippen LogP contribution in [0.15, 0.2) is 42.5 Å². The number of hydrogen-bond donors (Lipinski definition) is 1. The fraction of sp³-hybridized carbons (Fsp3) is 0.440. The number of aryl methyl sites for hydroxylation is 1. The van der Waals surface area contributed by atoms with Crippen molar-refractivity contribution in [1.82, 2.24) is 10.2 Å². The Morgan fingerprint density at radius 2 is 1.90 bits per heavy atom. The molecule has 0 radical (unpaired) electrons. The van der Waals surface area contributed by atoms with Gasteiger partial charge in [0.2, 0.25) is 11.8 Å². The molecular formula is C25H30ClFN2O2. The molecule has 1 aliphatic carbocycles. The van der Waals surface area contributed by atoms with E-state index in [9.17, 15) is 14.0 Å². The summed E-state index contributed by atoms with van der Waals surface area (Å²) in [6.45, 7) is 4.16. The molecule has 1 atom stereocenters. The molecule has 2 aromatic rings. The molecule has 6 heteroatoms. The van der Waals surface area contributed by atoms with Crippen molar-refractivity contribution < 1.29 is 14.0 Å². The summed E-state index contributed by atoms with van der Waals surface area (Å²) in [5.74, 6) is -0.975. The predicted molar refractivity (Wildman–Crippen MR) is 121 cm³/mol. The molecule has 1 saturated carbocycles. The van der Waals surface area contributed by atoms with Crippen molar-refractivity contribution in [2.24, 2.45) is 0 Å². The van der Waals surface area contributed by atoms with Crippen LogP contribution in [0.5, 0.6) is 0 Å². The number of nitrogens with one attached hydrogen (secondary N) is 1. The second-order valence-electron chi connectivity index (χ2n) is 8.30. The van der Waals surface area contributed by atoms with Crippen LogP contribution in [0.2, 0.25) is 5.02 Å². The molecule has 1 fully saturated rings. The Kier molecular flexibility index (Phi) is 8.08. The van der Waals surface area contributed by atoms with Crippen molar-refractivity contribution in [1.29, 1.82) is 0 Å². The molecule has 1 N–H and O–H groups in total. The van der Waals surface area contributed by atoms with Gasteiger partial charge in [-0.15, -0.1) is 0 Å². The van der Waals surface area contributed by atoms with Gasteiger partial charge in [-0.3, -0.25) is 9.59 Å². The van der Waals surface area contributed by atoms with Gasteiger partial charge in [0.15, 0.2) is 0 Å². The fourth-order valence-electron chi connectivity index (χ4n) is 4.25. The van der Waals surface area contributed by atoms with E-state index in [1.165, 1.54) is 12.1 Å². The molecule has 4 nitrogen and oxygen atoms in total. The lowest BCUT2D eigenvalue weighted by molar-refractivity contribution is -0.141. The average molecular weight is 445 g/mol. The van der Waals surface area contributed by atoms with Crippen LogP contribution in [0.3, 0.4) is 0 Å². The van der Waals surface area contributed by atoms with E-state index in [-0.39, 0.29) is 41.4 Å². The Bertz CT molecular complexity index is 907. The molecule has 0 bridgehead atoms. The first-order valence-corrected chi connectivity index (χ1v) is 11.3. The Morgan fingerprint density at radius 1 is 1.19 bits per heavy atom. The summed E-state index contributed by atoms with van der Waals surface area (Å²) in [5, 5.41) is 3.33. The number of rotatable bonds is 8. The maximum atomic E-state index is 14.3. The smallest absolute Gasteiger partial charge is 0.243 e. The topological polar surface area (TPSA) is 49.4 Å². The van der Waals surface area contributed by atoms with E-state index < -0.39 is 11.9 Å². The summed E-state index contributed by atoms with van der Waals surface area (Å²) in [5.41, 5.74) is 2.17. The van der Waals surface area contributed by atoms with Gasteiger partial charge >= 0.3 is 0 Å². The van der Waals surface area contributed by atoms with Gasteiger partial charge in [-0.1, -0.05) is 67.3 Å². The van der Waals surface area contributed by atoms with E-state index in [1.807, 2.05) is 38.1 Å². The standard InChI is InChI=1S/C25H30ClFN2O2/c1-3-23(25(31)28-19-10-4-5-11-19)29(16-18-9-6-8-17(2)14-18)24(30)15-20-21(26)12-7-13-22(20)27/h6-9,12-14,19,23H,3-5,10-11,15-16H2,1-2H3,(H,28,31)/t23-/m0/s1. The first kappa shape index (κ1) is 23.3. The Labute approximate surface area is 188 Å². The van der Waals surface area contributed by atoms with Gasteiger partial charge in [-0.05, 0) is 43.9 Å². The van der Waals surface area contributed by atoms with Crippen LogP contribution in [-0.4, -0.2) is 28.8 Å². The molecule has 166 valence electrons. The molecule has 2 aromatic carbocycles. The summed E-state index contributed by atoms with van der Waals surface area (Å²) in [7, 11) is 0. The van der Waals surface area contributed by atoms with Gasteiger partial charge in [0.25, 0.3) is 0 Å². The quantitative estimate of drug-likeness (QED) is 0.608. The highest BCUT2D eigenvalue weighted by atomic mass is 35.5. The van der Waals surface area contributed by atoms with E-state index in [1.54, 1.807) is 11.0 Å². The first-order chi connectivity index (χ1) is 14.9. The molecule has 3 rings (SSSR count). The van der Waals surface area contributed by atoms with E-state index in [2.05, 4.69) is 5.32 Å². The number of hydrogen-bond acceptors (Lipinski definition) is 2. The van der Waals surface area contributed by atoms with Crippen LogP contribution >= 0.6 is 11.6 Å². The highest BCUT2D eigenvalue weighted by molar-refractivity contribution is 6.31. The normalized spacial score (nSPS) is 15.0. The van der Waals surface area contributed by atoms with E-state index in [0.29, 0.717) is 6.42 Å². The maximum Gasteiger partial charge on any atom is 0.243 e. The number of carbonyl (C=O) groups excluding carboxylic acids is 2. The molecule has 0 spiro atoms. The minimum absolute atomic E-state index is 0.143. The fourth-order valence-corrected chi connectivity index (χ4v) is 4.48. The van der Waals surface area contributed by atoms with Crippen molar-refractivity contribution in [3.05, 3.63) is 70.0 Å². The molecule has 0 aromatic heterocycles. The molecule has 31 heavy (non-hydrogen) atoms. The predicted octanol–water partition coefficient (Wildman–Crippen LogP) is 5.20. The van der Waals surface area contributed by atoms with Crippen LogP contribution in [-0.2, 0) is 22.6 Å². The van der Waals surface area contributed by atoms with Gasteiger partial charge in [0.1, 0.15) is 11.9 Å². The second kappa shape index (κ2) is 10.8. The van der Waals surface area contributed by atoms with Crippen LogP contribution in [0.4, 0.5) is 4.39 Å². The third-order valence-electron chi connectivity index (χ3n) is 5.91. The minimum Gasteiger partial charge on any atom is -0.352 e. The molecule has 2 amide bonds. The molecular weight excluding hydrogens is 415 g/mol. The summed E-state index contributed by atoms with van der Waals surface area (Å²) < 4.78 is 14.3. The average Bonchev–Trinajstić information content (AvgIpc) is 3.23. The number of benzene rings is 2. The number of carbonyl (C=O) groups is 2. The summed E-state index contributed by atoms with van der Waals surface area (Å²) in [4.78, 5) is 28.1. The van der Waals surface area contributed by atoms with Gasteiger partial charge in [0, 0.05) is 23.2 Å². The zero-order chi connectivity index (χ0) is 22.4. The van der Waals surface area contributed by atoms with Crippen molar-refractivity contribution in [2.75, 3.05) is 0 Å². The zero-order valence-corrected chi connectivity index (χ0v) is 18.9. The van der Waals surface area contributed by atoms with Crippen molar-refractivity contribution in [3.63, 3.8) is 0 Å². The highest BCUT2D eigenvalue weighted by Gasteiger charge is 2.31. The van der Waals surface area contributed by atoms with Crippen LogP contribution in [0.1, 0.15) is 55.7 Å². The second-order valence-corrected chi connectivity index (χ2v) is 8.71. The van der Waals surface area contributed by atoms with Gasteiger partial charge in [-0.2, -0.15) is 0 Å². The minimum atomic E-state index is -0.626. The summed E-state index contributed by atoms with van der Waals surface area (Å²) >= 11 is 6.16. The third kappa shape index (κ3) is 6.07. The lowest BCUT2D eigenvalue weighted by atomic mass is 10.0. The summed E-state index contributed by atoms with van der Waals surface area (Å²) in [6, 6.07) is 11.8. The zero-order valence-electron chi connectivity index (χ0n) is 18.2. The third-order valence-corrected chi connectivity index (χ3v) is 6.27. The van der Waals surface area contributed by atoms with Crippen LogP contribution in [0, 0.1) is 12.7 Å². The molecule has 0 unspecified atom stereocenters. The Hall–Kier alpha value is -2.40. The van der Waals surface area contributed by atoms with E-state index in [4.69, 9.17) is 11.6 Å². The molecule has 0 aliphatic heterocycles. The number of halogens is 2.